The highest BCUT2D eigenvalue weighted by Gasteiger charge is 2.10. The molecule has 0 aromatic heterocycles. The van der Waals surface area contributed by atoms with Crippen molar-refractivity contribution in [2.75, 3.05) is 6.54 Å². The molecule has 1 unspecified atom stereocenters. The summed E-state index contributed by atoms with van der Waals surface area (Å²) in [6.45, 7) is 7.35. The highest BCUT2D eigenvalue weighted by molar-refractivity contribution is 5.38. The summed E-state index contributed by atoms with van der Waals surface area (Å²) >= 11 is 0. The molecule has 0 spiro atoms. The van der Waals surface area contributed by atoms with Crippen LogP contribution in [0.15, 0.2) is 18.2 Å². The SMILES string of the molecule is C#CC(NCCC)c1cccc(C)c1C. The molecule has 0 saturated carbocycles. The van der Waals surface area contributed by atoms with E-state index in [1.165, 1.54) is 16.7 Å². The molecule has 1 heteroatoms. The molecule has 1 N–H and O–H groups in total. The lowest BCUT2D eigenvalue weighted by Gasteiger charge is -2.16. The topological polar surface area (TPSA) is 12.0 Å². The van der Waals surface area contributed by atoms with Crippen LogP contribution in [0.3, 0.4) is 0 Å². The third-order valence-corrected chi connectivity index (χ3v) is 2.72. The highest BCUT2D eigenvalue weighted by atomic mass is 14.9. The van der Waals surface area contributed by atoms with Crippen LogP contribution in [0, 0.1) is 26.2 Å². The van der Waals surface area contributed by atoms with Crippen LogP contribution in [0.4, 0.5) is 0 Å². The van der Waals surface area contributed by atoms with Crippen molar-refractivity contribution in [2.45, 2.75) is 33.2 Å². The van der Waals surface area contributed by atoms with Crippen LogP contribution >= 0.6 is 0 Å². The Morgan fingerprint density at radius 2 is 2.13 bits per heavy atom. The summed E-state index contributed by atoms with van der Waals surface area (Å²) in [5, 5.41) is 3.37. The van der Waals surface area contributed by atoms with E-state index in [0.29, 0.717) is 0 Å². The van der Waals surface area contributed by atoms with Crippen molar-refractivity contribution in [1.82, 2.24) is 5.32 Å². The first-order chi connectivity index (χ1) is 7.20. The molecule has 1 atom stereocenters. The van der Waals surface area contributed by atoms with E-state index in [2.05, 4.69) is 50.2 Å². The Hall–Kier alpha value is -1.26. The fraction of sp³-hybridized carbons (Fsp3) is 0.429. The average Bonchev–Trinajstić information content (AvgIpc) is 2.25. The number of nitrogens with one attached hydrogen (secondary N) is 1. The Labute approximate surface area is 92.9 Å². The van der Waals surface area contributed by atoms with Crippen LogP contribution in [-0.2, 0) is 0 Å². The normalized spacial score (nSPS) is 12.1. The zero-order valence-corrected chi connectivity index (χ0v) is 9.80. The van der Waals surface area contributed by atoms with Gasteiger partial charge in [0, 0.05) is 0 Å². The summed E-state index contributed by atoms with van der Waals surface area (Å²) in [6, 6.07) is 6.34. The predicted octanol–water partition coefficient (Wildman–Crippen LogP) is 2.98. The van der Waals surface area contributed by atoms with Gasteiger partial charge in [0.15, 0.2) is 0 Å². The van der Waals surface area contributed by atoms with Crippen LogP contribution in [-0.4, -0.2) is 6.54 Å². The molecule has 0 fully saturated rings. The van der Waals surface area contributed by atoms with Crippen molar-refractivity contribution in [3.63, 3.8) is 0 Å². The third-order valence-electron chi connectivity index (χ3n) is 2.72. The minimum Gasteiger partial charge on any atom is -0.300 e. The number of hydrogen-bond donors (Lipinski definition) is 1. The lowest BCUT2D eigenvalue weighted by atomic mass is 9.98. The van der Waals surface area contributed by atoms with Gasteiger partial charge in [0.25, 0.3) is 0 Å². The van der Waals surface area contributed by atoms with Crippen molar-refractivity contribution in [3.05, 3.63) is 34.9 Å². The number of benzene rings is 1. The Morgan fingerprint density at radius 1 is 1.40 bits per heavy atom. The van der Waals surface area contributed by atoms with E-state index in [1.807, 2.05) is 0 Å². The maximum absolute atomic E-state index is 5.55. The summed E-state index contributed by atoms with van der Waals surface area (Å²) in [6.07, 6.45) is 6.65. The Kier molecular flexibility index (Phi) is 4.39. The first kappa shape index (κ1) is 11.8. The molecule has 0 radical (unpaired) electrons. The second-order valence-corrected chi connectivity index (χ2v) is 3.84. The van der Waals surface area contributed by atoms with Gasteiger partial charge in [-0.3, -0.25) is 5.32 Å². The van der Waals surface area contributed by atoms with Crippen molar-refractivity contribution in [2.24, 2.45) is 0 Å². The average molecular weight is 201 g/mol. The summed E-state index contributed by atoms with van der Waals surface area (Å²) in [4.78, 5) is 0. The molecule has 1 aromatic rings. The van der Waals surface area contributed by atoms with Gasteiger partial charge in [-0.05, 0) is 43.5 Å². The quantitative estimate of drug-likeness (QED) is 0.738. The van der Waals surface area contributed by atoms with E-state index < -0.39 is 0 Å². The smallest absolute Gasteiger partial charge is 0.0945 e. The van der Waals surface area contributed by atoms with E-state index >= 15 is 0 Å². The highest BCUT2D eigenvalue weighted by Crippen LogP contribution is 2.19. The molecule has 0 amide bonds. The second kappa shape index (κ2) is 5.58. The van der Waals surface area contributed by atoms with Crippen molar-refractivity contribution in [1.29, 1.82) is 0 Å². The Balaban J connectivity index is 2.93. The zero-order chi connectivity index (χ0) is 11.3. The van der Waals surface area contributed by atoms with Gasteiger partial charge in [-0.25, -0.2) is 0 Å². The van der Waals surface area contributed by atoms with Gasteiger partial charge in [0.1, 0.15) is 0 Å². The first-order valence-electron chi connectivity index (χ1n) is 5.46. The van der Waals surface area contributed by atoms with Gasteiger partial charge >= 0.3 is 0 Å². The molecule has 0 aliphatic heterocycles. The maximum atomic E-state index is 5.55. The van der Waals surface area contributed by atoms with Gasteiger partial charge in [0.2, 0.25) is 0 Å². The van der Waals surface area contributed by atoms with Gasteiger partial charge in [-0.15, -0.1) is 6.42 Å². The number of rotatable bonds is 4. The monoisotopic (exact) mass is 201 g/mol. The molecule has 0 bridgehead atoms. The maximum Gasteiger partial charge on any atom is 0.0945 e. The molecule has 0 aliphatic rings. The van der Waals surface area contributed by atoms with Gasteiger partial charge < -0.3 is 0 Å². The van der Waals surface area contributed by atoms with E-state index in [-0.39, 0.29) is 6.04 Å². The Bertz CT molecular complexity index is 360. The summed E-state index contributed by atoms with van der Waals surface area (Å²) in [7, 11) is 0. The largest absolute Gasteiger partial charge is 0.300 e. The van der Waals surface area contributed by atoms with Crippen molar-refractivity contribution >= 4 is 0 Å². The lowest BCUT2D eigenvalue weighted by molar-refractivity contribution is 0.623. The van der Waals surface area contributed by atoms with E-state index in [4.69, 9.17) is 6.42 Å². The minimum atomic E-state index is 0.0462. The molecule has 80 valence electrons. The van der Waals surface area contributed by atoms with Gasteiger partial charge in [-0.2, -0.15) is 0 Å². The van der Waals surface area contributed by atoms with E-state index in [9.17, 15) is 0 Å². The molecule has 0 aliphatic carbocycles. The molecule has 0 saturated heterocycles. The number of terminal acetylenes is 1. The van der Waals surface area contributed by atoms with Crippen LogP contribution in [0.2, 0.25) is 0 Å². The van der Waals surface area contributed by atoms with Crippen LogP contribution in [0.25, 0.3) is 0 Å². The van der Waals surface area contributed by atoms with Crippen LogP contribution in [0.1, 0.15) is 36.1 Å². The summed E-state index contributed by atoms with van der Waals surface area (Å²) in [5.74, 6) is 2.81. The number of aryl methyl sites for hydroxylation is 1. The molecule has 1 nitrogen and oxygen atoms in total. The van der Waals surface area contributed by atoms with Crippen LogP contribution in [0.5, 0.6) is 0 Å². The molecule has 0 heterocycles. The molecular formula is C14H19N. The van der Waals surface area contributed by atoms with Crippen molar-refractivity contribution in [3.8, 4) is 12.3 Å². The molecular weight excluding hydrogens is 182 g/mol. The standard InChI is InChI=1S/C14H19N/c1-5-10-15-14(6-2)13-9-7-8-11(3)12(13)4/h2,7-9,14-15H,5,10H2,1,3-4H3. The van der Waals surface area contributed by atoms with Gasteiger partial charge in [-0.1, -0.05) is 31.0 Å². The van der Waals surface area contributed by atoms with Crippen molar-refractivity contribution < 1.29 is 0 Å². The van der Waals surface area contributed by atoms with E-state index in [0.717, 1.165) is 13.0 Å². The fourth-order valence-electron chi connectivity index (χ4n) is 1.63. The minimum absolute atomic E-state index is 0.0462. The zero-order valence-electron chi connectivity index (χ0n) is 9.80. The fourth-order valence-corrected chi connectivity index (χ4v) is 1.63. The predicted molar refractivity (Wildman–Crippen MR) is 65.8 cm³/mol. The molecule has 1 rings (SSSR count). The van der Waals surface area contributed by atoms with Crippen LogP contribution < -0.4 is 5.32 Å². The second-order valence-electron chi connectivity index (χ2n) is 3.84. The third kappa shape index (κ3) is 2.84. The summed E-state index contributed by atoms with van der Waals surface area (Å²) in [5.41, 5.74) is 3.82. The lowest BCUT2D eigenvalue weighted by Crippen LogP contribution is -2.21. The Morgan fingerprint density at radius 3 is 2.73 bits per heavy atom. The molecule has 15 heavy (non-hydrogen) atoms. The first-order valence-corrected chi connectivity index (χ1v) is 5.46. The van der Waals surface area contributed by atoms with Gasteiger partial charge in [0.05, 0.1) is 6.04 Å². The summed E-state index contributed by atoms with van der Waals surface area (Å²) < 4.78 is 0. The molecule has 1 aromatic carbocycles. The number of hydrogen-bond acceptors (Lipinski definition) is 1. The van der Waals surface area contributed by atoms with E-state index in [1.54, 1.807) is 0 Å².